The predicted octanol–water partition coefficient (Wildman–Crippen LogP) is 1.02. The lowest BCUT2D eigenvalue weighted by Crippen LogP contribution is -2.53. The van der Waals surface area contributed by atoms with E-state index < -0.39 is 21.6 Å². The number of aromatic nitrogens is 2. The molecule has 2 aliphatic rings. The van der Waals surface area contributed by atoms with Crippen LogP contribution in [0, 0.1) is 0 Å². The summed E-state index contributed by atoms with van der Waals surface area (Å²) in [4.78, 5) is 2.30. The number of alkyl halides is 2. The van der Waals surface area contributed by atoms with Crippen LogP contribution in [0.3, 0.4) is 0 Å². The summed E-state index contributed by atoms with van der Waals surface area (Å²) in [7, 11) is -2.46. The molecule has 2 aliphatic heterocycles. The third-order valence-corrected chi connectivity index (χ3v) is 6.83. The molecule has 0 bridgehead atoms. The van der Waals surface area contributed by atoms with E-state index in [-0.39, 0.29) is 5.03 Å². The standard InChI is InChI=1S/C15H24F2N4O3S/c1-15(16,17)13-11-14(19(2)18-13)25(22,23)21-7-5-20(6-8-21)12-3-9-24-10-4-12/h11-12H,3-10H2,1-2H3. The maximum absolute atomic E-state index is 13.4. The minimum Gasteiger partial charge on any atom is -0.381 e. The molecule has 0 aliphatic carbocycles. The lowest BCUT2D eigenvalue weighted by molar-refractivity contribution is 0.0122. The number of halogens is 2. The molecule has 1 aromatic rings. The molecule has 7 nitrogen and oxygen atoms in total. The fourth-order valence-electron chi connectivity index (χ4n) is 3.40. The van der Waals surface area contributed by atoms with Crippen molar-refractivity contribution in [2.24, 2.45) is 7.05 Å². The van der Waals surface area contributed by atoms with Gasteiger partial charge in [0.25, 0.3) is 15.9 Å². The van der Waals surface area contributed by atoms with Crippen LogP contribution in [-0.4, -0.2) is 72.8 Å². The SMILES string of the molecule is Cn1nc(C(C)(F)F)cc1S(=O)(=O)N1CCN(C2CCOCC2)CC1. The second kappa shape index (κ2) is 6.90. The van der Waals surface area contributed by atoms with Gasteiger partial charge >= 0.3 is 0 Å². The van der Waals surface area contributed by atoms with Gasteiger partial charge in [0.05, 0.1) is 0 Å². The van der Waals surface area contributed by atoms with Crippen LogP contribution in [-0.2, 0) is 27.7 Å². The number of ether oxygens (including phenoxy) is 1. The van der Waals surface area contributed by atoms with E-state index in [1.165, 1.54) is 11.4 Å². The molecule has 3 rings (SSSR count). The van der Waals surface area contributed by atoms with Gasteiger partial charge in [0, 0.05) is 65.5 Å². The van der Waals surface area contributed by atoms with E-state index in [0.717, 1.165) is 36.8 Å². The van der Waals surface area contributed by atoms with Gasteiger partial charge in [-0.25, -0.2) is 8.42 Å². The van der Waals surface area contributed by atoms with E-state index in [9.17, 15) is 17.2 Å². The van der Waals surface area contributed by atoms with Gasteiger partial charge < -0.3 is 4.74 Å². The van der Waals surface area contributed by atoms with Gasteiger partial charge in [0.1, 0.15) is 5.69 Å². The zero-order valence-corrected chi connectivity index (χ0v) is 15.3. The maximum Gasteiger partial charge on any atom is 0.288 e. The first-order chi connectivity index (χ1) is 11.7. The van der Waals surface area contributed by atoms with Crippen molar-refractivity contribution >= 4 is 10.0 Å². The smallest absolute Gasteiger partial charge is 0.288 e. The number of nitrogens with zero attached hydrogens (tertiary/aromatic N) is 4. The average molecular weight is 378 g/mol. The minimum absolute atomic E-state index is 0.191. The quantitative estimate of drug-likeness (QED) is 0.783. The highest BCUT2D eigenvalue weighted by Crippen LogP contribution is 2.29. The van der Waals surface area contributed by atoms with Crippen molar-refractivity contribution in [3.8, 4) is 0 Å². The molecule has 25 heavy (non-hydrogen) atoms. The van der Waals surface area contributed by atoms with Crippen LogP contribution in [0.2, 0.25) is 0 Å². The molecule has 0 aromatic carbocycles. The fourth-order valence-corrected chi connectivity index (χ4v) is 4.94. The molecular formula is C15H24F2N4O3S. The first-order valence-electron chi connectivity index (χ1n) is 8.44. The second-order valence-corrected chi connectivity index (χ2v) is 8.55. The summed E-state index contributed by atoms with van der Waals surface area (Å²) >= 11 is 0. The van der Waals surface area contributed by atoms with E-state index in [1.54, 1.807) is 0 Å². The highest BCUT2D eigenvalue weighted by Gasteiger charge is 2.36. The number of aryl methyl sites for hydroxylation is 1. The van der Waals surface area contributed by atoms with E-state index >= 15 is 0 Å². The van der Waals surface area contributed by atoms with Crippen LogP contribution in [0.5, 0.6) is 0 Å². The Morgan fingerprint density at radius 1 is 1.20 bits per heavy atom. The lowest BCUT2D eigenvalue weighted by Gasteiger charge is -2.40. The Morgan fingerprint density at radius 2 is 1.80 bits per heavy atom. The molecule has 0 unspecified atom stereocenters. The first kappa shape index (κ1) is 18.7. The van der Waals surface area contributed by atoms with Crippen LogP contribution in [0.25, 0.3) is 0 Å². The third-order valence-electron chi connectivity index (χ3n) is 4.87. The van der Waals surface area contributed by atoms with Crippen molar-refractivity contribution in [3.05, 3.63) is 11.8 Å². The Hall–Kier alpha value is -1.10. The number of piperazine rings is 1. The highest BCUT2D eigenvalue weighted by atomic mass is 32.2. The van der Waals surface area contributed by atoms with Crippen LogP contribution in [0.1, 0.15) is 25.5 Å². The summed E-state index contributed by atoms with van der Waals surface area (Å²) in [5.74, 6) is -3.17. The number of hydrogen-bond donors (Lipinski definition) is 0. The van der Waals surface area contributed by atoms with E-state index in [0.29, 0.717) is 39.1 Å². The average Bonchev–Trinajstić information content (AvgIpc) is 2.99. The van der Waals surface area contributed by atoms with Gasteiger partial charge in [-0.15, -0.1) is 0 Å². The van der Waals surface area contributed by atoms with Gasteiger partial charge in [0.2, 0.25) is 0 Å². The van der Waals surface area contributed by atoms with Crippen LogP contribution in [0.15, 0.2) is 11.1 Å². The van der Waals surface area contributed by atoms with Gasteiger partial charge in [-0.2, -0.15) is 18.2 Å². The minimum atomic E-state index is -3.84. The highest BCUT2D eigenvalue weighted by molar-refractivity contribution is 7.89. The summed E-state index contributed by atoms with van der Waals surface area (Å²) < 4.78 is 60.2. The normalized spacial score (nSPS) is 22.4. The Labute approximate surface area is 146 Å². The Kier molecular flexibility index (Phi) is 5.16. The number of hydrogen-bond acceptors (Lipinski definition) is 5. The molecule has 3 heterocycles. The Balaban J connectivity index is 1.71. The van der Waals surface area contributed by atoms with E-state index in [2.05, 4.69) is 10.00 Å². The van der Waals surface area contributed by atoms with Crippen LogP contribution < -0.4 is 0 Å². The van der Waals surface area contributed by atoms with Crippen molar-refractivity contribution < 1.29 is 21.9 Å². The monoisotopic (exact) mass is 378 g/mol. The molecule has 0 saturated carbocycles. The van der Waals surface area contributed by atoms with Gasteiger partial charge in [-0.3, -0.25) is 9.58 Å². The molecule has 0 atom stereocenters. The molecule has 2 fully saturated rings. The molecule has 0 radical (unpaired) electrons. The lowest BCUT2D eigenvalue weighted by atomic mass is 10.1. The molecular weight excluding hydrogens is 354 g/mol. The fraction of sp³-hybridized carbons (Fsp3) is 0.800. The van der Waals surface area contributed by atoms with Gasteiger partial charge in [-0.05, 0) is 12.8 Å². The van der Waals surface area contributed by atoms with Crippen molar-refractivity contribution in [2.45, 2.75) is 36.8 Å². The molecule has 142 valence electrons. The summed E-state index contributed by atoms with van der Waals surface area (Å²) in [5, 5.41) is 3.48. The summed E-state index contributed by atoms with van der Waals surface area (Å²) in [5.41, 5.74) is -0.533. The zero-order valence-electron chi connectivity index (χ0n) is 14.5. The molecule has 0 spiro atoms. The second-order valence-electron chi connectivity index (χ2n) is 6.66. The van der Waals surface area contributed by atoms with E-state index in [1.807, 2.05) is 0 Å². The molecule has 0 amide bonds. The molecule has 0 N–H and O–H groups in total. The van der Waals surface area contributed by atoms with Crippen molar-refractivity contribution in [1.82, 2.24) is 19.0 Å². The molecule has 10 heteroatoms. The van der Waals surface area contributed by atoms with Crippen molar-refractivity contribution in [3.63, 3.8) is 0 Å². The predicted molar refractivity (Wildman–Crippen MR) is 86.9 cm³/mol. The third kappa shape index (κ3) is 3.86. The largest absolute Gasteiger partial charge is 0.381 e. The summed E-state index contributed by atoms with van der Waals surface area (Å²) in [6, 6.07) is 1.40. The Bertz CT molecular complexity index is 703. The van der Waals surface area contributed by atoms with Crippen molar-refractivity contribution in [2.75, 3.05) is 39.4 Å². The number of rotatable bonds is 4. The van der Waals surface area contributed by atoms with Gasteiger partial charge in [0.15, 0.2) is 5.03 Å². The summed E-state index contributed by atoms with van der Waals surface area (Å²) in [6.07, 6.45) is 1.92. The van der Waals surface area contributed by atoms with Gasteiger partial charge in [-0.1, -0.05) is 0 Å². The molecule has 1 aromatic heterocycles. The topological polar surface area (TPSA) is 67.7 Å². The van der Waals surface area contributed by atoms with E-state index in [4.69, 9.17) is 4.74 Å². The molecule has 2 saturated heterocycles. The van der Waals surface area contributed by atoms with Crippen LogP contribution >= 0.6 is 0 Å². The zero-order chi connectivity index (χ0) is 18.2. The Morgan fingerprint density at radius 3 is 2.32 bits per heavy atom. The van der Waals surface area contributed by atoms with Crippen LogP contribution in [0.4, 0.5) is 8.78 Å². The summed E-state index contributed by atoms with van der Waals surface area (Å²) in [6.45, 7) is 4.17. The first-order valence-corrected chi connectivity index (χ1v) is 9.88. The maximum atomic E-state index is 13.4. The van der Waals surface area contributed by atoms with Crippen molar-refractivity contribution in [1.29, 1.82) is 0 Å². The number of sulfonamides is 1.